The molecule has 2 unspecified atom stereocenters. The van der Waals surface area contributed by atoms with Crippen LogP contribution < -0.4 is 5.32 Å². The minimum atomic E-state index is 0.850. The van der Waals surface area contributed by atoms with E-state index in [4.69, 9.17) is 0 Å². The lowest BCUT2D eigenvalue weighted by molar-refractivity contribution is 0.0415. The van der Waals surface area contributed by atoms with Crippen LogP contribution in [-0.4, -0.2) is 61.2 Å². The number of nitrogens with one attached hydrogen (secondary N) is 1. The first-order valence-corrected chi connectivity index (χ1v) is 7.57. The molecular formula is C14H27N3. The standard InChI is InChI=1S/C14H27N3/c1-2-12-4-3-5-14(12)17-8-6-16(7-9-17)13-10-15-11-13/h12-15H,2-11H2,1H3. The highest BCUT2D eigenvalue weighted by Crippen LogP contribution is 2.32. The second kappa shape index (κ2) is 5.25. The Morgan fingerprint density at radius 3 is 2.29 bits per heavy atom. The summed E-state index contributed by atoms with van der Waals surface area (Å²) in [7, 11) is 0. The van der Waals surface area contributed by atoms with E-state index in [0.717, 1.165) is 18.0 Å². The lowest BCUT2D eigenvalue weighted by Crippen LogP contribution is -2.62. The van der Waals surface area contributed by atoms with Gasteiger partial charge in [0.1, 0.15) is 0 Å². The van der Waals surface area contributed by atoms with Gasteiger partial charge in [-0.15, -0.1) is 0 Å². The largest absolute Gasteiger partial charge is 0.314 e. The van der Waals surface area contributed by atoms with Gasteiger partial charge in [0.2, 0.25) is 0 Å². The van der Waals surface area contributed by atoms with Gasteiger partial charge in [-0.25, -0.2) is 0 Å². The smallest absolute Gasteiger partial charge is 0.0346 e. The molecule has 0 amide bonds. The van der Waals surface area contributed by atoms with Gasteiger partial charge >= 0.3 is 0 Å². The minimum absolute atomic E-state index is 0.850. The Hall–Kier alpha value is -0.120. The first-order valence-electron chi connectivity index (χ1n) is 7.57. The van der Waals surface area contributed by atoms with Crippen LogP contribution in [0.4, 0.5) is 0 Å². The highest BCUT2D eigenvalue weighted by atomic mass is 15.3. The maximum Gasteiger partial charge on any atom is 0.0346 e. The third-order valence-electron chi connectivity index (χ3n) is 5.24. The van der Waals surface area contributed by atoms with Gasteiger partial charge in [-0.05, 0) is 18.8 Å². The van der Waals surface area contributed by atoms with Gasteiger partial charge in [0, 0.05) is 51.4 Å². The normalized spacial score (nSPS) is 37.2. The molecule has 3 aliphatic rings. The van der Waals surface area contributed by atoms with E-state index in [2.05, 4.69) is 22.0 Å². The molecule has 2 saturated heterocycles. The van der Waals surface area contributed by atoms with Gasteiger partial charge in [0.05, 0.1) is 0 Å². The molecule has 2 atom stereocenters. The Morgan fingerprint density at radius 1 is 1.00 bits per heavy atom. The summed E-state index contributed by atoms with van der Waals surface area (Å²) < 4.78 is 0. The molecule has 1 N–H and O–H groups in total. The molecule has 0 bridgehead atoms. The predicted octanol–water partition coefficient (Wildman–Crippen LogP) is 1.15. The molecule has 3 nitrogen and oxygen atoms in total. The van der Waals surface area contributed by atoms with Gasteiger partial charge in [0.15, 0.2) is 0 Å². The van der Waals surface area contributed by atoms with Gasteiger partial charge in [0.25, 0.3) is 0 Å². The molecule has 0 aromatic rings. The molecule has 17 heavy (non-hydrogen) atoms. The van der Waals surface area contributed by atoms with E-state index in [-0.39, 0.29) is 0 Å². The van der Waals surface area contributed by atoms with Crippen LogP contribution in [-0.2, 0) is 0 Å². The number of rotatable bonds is 3. The molecule has 3 fully saturated rings. The van der Waals surface area contributed by atoms with Crippen molar-refractivity contribution in [3.8, 4) is 0 Å². The Bertz CT molecular complexity index is 244. The van der Waals surface area contributed by atoms with E-state index in [1.165, 1.54) is 65.0 Å². The summed E-state index contributed by atoms with van der Waals surface area (Å²) in [5.74, 6) is 0.993. The number of hydrogen-bond donors (Lipinski definition) is 1. The summed E-state index contributed by atoms with van der Waals surface area (Å²) in [4.78, 5) is 5.49. The Kier molecular flexibility index (Phi) is 3.69. The first-order chi connectivity index (χ1) is 8.38. The van der Waals surface area contributed by atoms with E-state index < -0.39 is 0 Å². The molecule has 1 saturated carbocycles. The van der Waals surface area contributed by atoms with E-state index in [1.54, 1.807) is 0 Å². The van der Waals surface area contributed by atoms with Gasteiger partial charge in [-0.3, -0.25) is 9.80 Å². The second-order valence-corrected chi connectivity index (χ2v) is 6.05. The lowest BCUT2D eigenvalue weighted by atomic mass is 9.98. The third kappa shape index (κ3) is 2.38. The summed E-state index contributed by atoms with van der Waals surface area (Å²) in [5.41, 5.74) is 0. The average molecular weight is 237 g/mol. The molecule has 3 heteroatoms. The van der Waals surface area contributed by atoms with Crippen LogP contribution >= 0.6 is 0 Å². The van der Waals surface area contributed by atoms with Crippen molar-refractivity contribution in [2.45, 2.75) is 44.7 Å². The summed E-state index contributed by atoms with van der Waals surface area (Å²) in [5, 5.41) is 3.39. The van der Waals surface area contributed by atoms with Crippen LogP contribution in [0.5, 0.6) is 0 Å². The number of hydrogen-bond acceptors (Lipinski definition) is 3. The van der Waals surface area contributed by atoms with E-state index in [1.807, 2.05) is 0 Å². The summed E-state index contributed by atoms with van der Waals surface area (Å²) in [6.45, 7) is 10.1. The van der Waals surface area contributed by atoms with Gasteiger partial charge in [-0.2, -0.15) is 0 Å². The van der Waals surface area contributed by atoms with E-state index in [0.29, 0.717) is 0 Å². The first kappa shape index (κ1) is 11.9. The second-order valence-electron chi connectivity index (χ2n) is 6.05. The fraction of sp³-hybridized carbons (Fsp3) is 1.00. The van der Waals surface area contributed by atoms with Crippen molar-refractivity contribution in [1.29, 1.82) is 0 Å². The zero-order chi connectivity index (χ0) is 11.7. The molecule has 0 aromatic heterocycles. The summed E-state index contributed by atoms with van der Waals surface area (Å²) in [6, 6.07) is 1.77. The van der Waals surface area contributed by atoms with Crippen LogP contribution in [0.3, 0.4) is 0 Å². The Labute approximate surface area is 106 Å². The van der Waals surface area contributed by atoms with Crippen LogP contribution in [0.2, 0.25) is 0 Å². The van der Waals surface area contributed by atoms with Crippen LogP contribution in [0.1, 0.15) is 32.6 Å². The molecule has 0 spiro atoms. The van der Waals surface area contributed by atoms with Crippen molar-refractivity contribution in [3.05, 3.63) is 0 Å². The zero-order valence-electron chi connectivity index (χ0n) is 11.2. The molecule has 0 aromatic carbocycles. The SMILES string of the molecule is CCC1CCCC1N1CCN(C2CNC2)CC1. The Morgan fingerprint density at radius 2 is 1.71 bits per heavy atom. The predicted molar refractivity (Wildman–Crippen MR) is 71.2 cm³/mol. The fourth-order valence-electron chi connectivity index (χ4n) is 3.94. The summed E-state index contributed by atoms with van der Waals surface area (Å²) in [6.07, 6.45) is 5.80. The summed E-state index contributed by atoms with van der Waals surface area (Å²) >= 11 is 0. The highest BCUT2D eigenvalue weighted by Gasteiger charge is 2.34. The van der Waals surface area contributed by atoms with Crippen molar-refractivity contribution < 1.29 is 0 Å². The maximum absolute atomic E-state index is 3.39. The molecule has 98 valence electrons. The lowest BCUT2D eigenvalue weighted by Gasteiger charge is -2.45. The van der Waals surface area contributed by atoms with Crippen molar-refractivity contribution >= 4 is 0 Å². The highest BCUT2D eigenvalue weighted by molar-refractivity contribution is 4.91. The fourth-order valence-corrected chi connectivity index (χ4v) is 3.94. The Balaban J connectivity index is 1.50. The van der Waals surface area contributed by atoms with E-state index in [9.17, 15) is 0 Å². The molecule has 3 rings (SSSR count). The number of nitrogens with zero attached hydrogens (tertiary/aromatic N) is 2. The third-order valence-corrected chi connectivity index (χ3v) is 5.24. The molecular weight excluding hydrogens is 210 g/mol. The van der Waals surface area contributed by atoms with E-state index >= 15 is 0 Å². The van der Waals surface area contributed by atoms with Gasteiger partial charge in [-0.1, -0.05) is 19.8 Å². The molecule has 2 aliphatic heterocycles. The van der Waals surface area contributed by atoms with Crippen molar-refractivity contribution in [2.24, 2.45) is 5.92 Å². The van der Waals surface area contributed by atoms with Crippen LogP contribution in [0, 0.1) is 5.92 Å². The van der Waals surface area contributed by atoms with Crippen LogP contribution in [0.25, 0.3) is 0 Å². The van der Waals surface area contributed by atoms with Crippen molar-refractivity contribution in [1.82, 2.24) is 15.1 Å². The number of piperazine rings is 1. The molecule has 0 radical (unpaired) electrons. The van der Waals surface area contributed by atoms with Crippen molar-refractivity contribution in [3.63, 3.8) is 0 Å². The average Bonchev–Trinajstić information content (AvgIpc) is 2.76. The van der Waals surface area contributed by atoms with Crippen LogP contribution in [0.15, 0.2) is 0 Å². The topological polar surface area (TPSA) is 18.5 Å². The van der Waals surface area contributed by atoms with Gasteiger partial charge < -0.3 is 5.32 Å². The molecule has 1 aliphatic carbocycles. The maximum atomic E-state index is 3.39. The monoisotopic (exact) mass is 237 g/mol. The molecule has 2 heterocycles. The van der Waals surface area contributed by atoms with Crippen molar-refractivity contribution in [2.75, 3.05) is 39.3 Å². The zero-order valence-corrected chi connectivity index (χ0v) is 11.2. The quantitative estimate of drug-likeness (QED) is 0.794. The minimum Gasteiger partial charge on any atom is -0.314 e.